The summed E-state index contributed by atoms with van der Waals surface area (Å²) >= 11 is 0. The second kappa shape index (κ2) is 4.55. The lowest BCUT2D eigenvalue weighted by Gasteiger charge is -2.29. The van der Waals surface area contributed by atoms with Crippen LogP contribution in [-0.4, -0.2) is 11.6 Å². The van der Waals surface area contributed by atoms with E-state index in [1.807, 2.05) is 41.5 Å². The van der Waals surface area contributed by atoms with Crippen LogP contribution in [0.3, 0.4) is 0 Å². The lowest BCUT2D eigenvalue weighted by atomic mass is 9.73. The van der Waals surface area contributed by atoms with Crippen molar-refractivity contribution < 1.29 is 9.59 Å². The number of rotatable bonds is 2. The van der Waals surface area contributed by atoms with Crippen LogP contribution in [0.4, 0.5) is 0 Å². The van der Waals surface area contributed by atoms with Crippen molar-refractivity contribution >= 4 is 11.6 Å². The molecule has 17 heavy (non-hydrogen) atoms. The molecule has 1 aliphatic carbocycles. The lowest BCUT2D eigenvalue weighted by molar-refractivity contribution is -0.139. The Balaban J connectivity index is 2.88. The maximum Gasteiger partial charge on any atom is 0.141 e. The fourth-order valence-electron chi connectivity index (χ4n) is 2.70. The van der Waals surface area contributed by atoms with Crippen LogP contribution in [0.15, 0.2) is 0 Å². The first-order chi connectivity index (χ1) is 7.55. The number of carbonyl (C=O) groups is 2. The molecule has 98 valence electrons. The van der Waals surface area contributed by atoms with Crippen LogP contribution in [0.1, 0.15) is 60.8 Å². The largest absolute Gasteiger partial charge is 0.299 e. The number of carbonyl (C=O) groups excluding carboxylic acids is 2. The summed E-state index contributed by atoms with van der Waals surface area (Å²) < 4.78 is 0. The van der Waals surface area contributed by atoms with Gasteiger partial charge in [0.15, 0.2) is 0 Å². The lowest BCUT2D eigenvalue weighted by Crippen LogP contribution is -2.37. The topological polar surface area (TPSA) is 34.1 Å². The smallest absolute Gasteiger partial charge is 0.141 e. The highest BCUT2D eigenvalue weighted by molar-refractivity contribution is 5.94. The van der Waals surface area contributed by atoms with Crippen LogP contribution >= 0.6 is 0 Å². The van der Waals surface area contributed by atoms with Crippen molar-refractivity contribution in [1.82, 2.24) is 0 Å². The molecule has 1 saturated carbocycles. The van der Waals surface area contributed by atoms with Gasteiger partial charge in [0, 0.05) is 22.7 Å². The highest BCUT2D eigenvalue weighted by atomic mass is 16.1. The first-order valence-corrected chi connectivity index (χ1v) is 6.64. The van der Waals surface area contributed by atoms with Gasteiger partial charge in [0.25, 0.3) is 0 Å². The Bertz CT molecular complexity index is 283. The molecule has 0 radical (unpaired) electrons. The molecule has 2 atom stereocenters. The second-order valence-corrected chi connectivity index (χ2v) is 7.37. The van der Waals surface area contributed by atoms with E-state index in [0.717, 1.165) is 19.3 Å². The van der Waals surface area contributed by atoms with E-state index >= 15 is 0 Å². The summed E-state index contributed by atoms with van der Waals surface area (Å²) in [5.74, 6) is 0.443. The minimum absolute atomic E-state index is 0.0401. The monoisotopic (exact) mass is 238 g/mol. The third kappa shape index (κ3) is 3.17. The molecule has 1 fully saturated rings. The van der Waals surface area contributed by atoms with Crippen molar-refractivity contribution in [2.24, 2.45) is 22.7 Å². The minimum atomic E-state index is -0.328. The summed E-state index contributed by atoms with van der Waals surface area (Å²) in [4.78, 5) is 24.7. The molecule has 2 nitrogen and oxygen atoms in total. The van der Waals surface area contributed by atoms with Gasteiger partial charge in [-0.1, -0.05) is 48.0 Å². The molecule has 1 rings (SSSR count). The van der Waals surface area contributed by atoms with E-state index in [2.05, 4.69) is 0 Å². The molecular formula is C15H26O2. The zero-order chi connectivity index (χ0) is 13.4. The van der Waals surface area contributed by atoms with E-state index in [9.17, 15) is 9.59 Å². The van der Waals surface area contributed by atoms with Gasteiger partial charge in [0.1, 0.15) is 11.6 Å². The van der Waals surface area contributed by atoms with Crippen molar-refractivity contribution in [3.05, 3.63) is 0 Å². The Morgan fingerprint density at radius 2 is 1.06 bits per heavy atom. The Kier molecular flexibility index (Phi) is 3.85. The molecule has 0 aromatic carbocycles. The minimum Gasteiger partial charge on any atom is -0.299 e. The molecule has 1 aliphatic rings. The zero-order valence-electron chi connectivity index (χ0n) is 12.1. The highest BCUT2D eigenvalue weighted by Crippen LogP contribution is 2.40. The van der Waals surface area contributed by atoms with Crippen LogP contribution in [-0.2, 0) is 9.59 Å². The van der Waals surface area contributed by atoms with Crippen molar-refractivity contribution in [3.63, 3.8) is 0 Å². The predicted molar refractivity (Wildman–Crippen MR) is 69.8 cm³/mol. The van der Waals surface area contributed by atoms with Crippen LogP contribution in [0, 0.1) is 22.7 Å². The summed E-state index contributed by atoms with van der Waals surface area (Å²) in [6.07, 6.45) is 2.80. The average Bonchev–Trinajstić information content (AvgIpc) is 2.60. The van der Waals surface area contributed by atoms with Gasteiger partial charge in [-0.25, -0.2) is 0 Å². The first kappa shape index (κ1) is 14.4. The van der Waals surface area contributed by atoms with Gasteiger partial charge in [0.2, 0.25) is 0 Å². The third-order valence-corrected chi connectivity index (χ3v) is 3.67. The molecule has 0 aliphatic heterocycles. The van der Waals surface area contributed by atoms with E-state index in [-0.39, 0.29) is 34.2 Å². The Hall–Kier alpha value is -0.660. The molecule has 0 amide bonds. The maximum atomic E-state index is 12.4. The molecular weight excluding hydrogens is 212 g/mol. The van der Waals surface area contributed by atoms with Gasteiger partial charge < -0.3 is 0 Å². The fourth-order valence-corrected chi connectivity index (χ4v) is 2.70. The van der Waals surface area contributed by atoms with Gasteiger partial charge in [-0.15, -0.1) is 0 Å². The number of Topliss-reactive ketones (excluding diaryl/α,β-unsaturated/α-hetero) is 2. The van der Waals surface area contributed by atoms with Crippen molar-refractivity contribution in [1.29, 1.82) is 0 Å². The van der Waals surface area contributed by atoms with Crippen molar-refractivity contribution in [2.45, 2.75) is 60.8 Å². The van der Waals surface area contributed by atoms with Crippen molar-refractivity contribution in [3.8, 4) is 0 Å². The molecule has 0 aromatic heterocycles. The Labute approximate surface area is 105 Å². The quantitative estimate of drug-likeness (QED) is 0.736. The molecule has 2 heteroatoms. The third-order valence-electron chi connectivity index (χ3n) is 3.67. The Morgan fingerprint density at radius 1 is 0.765 bits per heavy atom. The molecule has 0 aromatic rings. The molecule has 0 bridgehead atoms. The van der Waals surface area contributed by atoms with E-state index in [0.29, 0.717) is 0 Å². The summed E-state index contributed by atoms with van der Waals surface area (Å²) in [5.41, 5.74) is -0.656. The summed E-state index contributed by atoms with van der Waals surface area (Å²) in [6, 6.07) is 0. The van der Waals surface area contributed by atoms with Gasteiger partial charge in [0.05, 0.1) is 0 Å². The molecule has 0 N–H and O–H groups in total. The van der Waals surface area contributed by atoms with E-state index < -0.39 is 0 Å². The second-order valence-electron chi connectivity index (χ2n) is 7.37. The van der Waals surface area contributed by atoms with E-state index in [1.54, 1.807) is 0 Å². The Morgan fingerprint density at radius 3 is 1.29 bits per heavy atom. The molecule has 0 spiro atoms. The summed E-state index contributed by atoms with van der Waals surface area (Å²) in [6.45, 7) is 11.7. The maximum absolute atomic E-state index is 12.4. The van der Waals surface area contributed by atoms with Crippen molar-refractivity contribution in [2.75, 3.05) is 0 Å². The fraction of sp³-hybridized carbons (Fsp3) is 0.867. The number of hydrogen-bond acceptors (Lipinski definition) is 2. The highest BCUT2D eigenvalue weighted by Gasteiger charge is 2.43. The summed E-state index contributed by atoms with van der Waals surface area (Å²) in [5, 5.41) is 0. The molecule has 0 saturated heterocycles. The summed E-state index contributed by atoms with van der Waals surface area (Å²) in [7, 11) is 0. The van der Waals surface area contributed by atoms with E-state index in [1.165, 1.54) is 0 Å². The SMILES string of the molecule is CC(C)(C)C(=O)C1CCCC1C(=O)C(C)(C)C. The standard InChI is InChI=1S/C15H26O2/c1-14(2,3)12(16)10-8-7-9-11(10)13(17)15(4,5)6/h10-11H,7-9H2,1-6H3. The number of ketones is 2. The molecule has 2 unspecified atom stereocenters. The van der Waals surface area contributed by atoms with Gasteiger partial charge in [-0.3, -0.25) is 9.59 Å². The van der Waals surface area contributed by atoms with E-state index in [4.69, 9.17) is 0 Å². The predicted octanol–water partition coefficient (Wildman–Crippen LogP) is 3.63. The van der Waals surface area contributed by atoms with Crippen LogP contribution < -0.4 is 0 Å². The normalized spacial score (nSPS) is 26.0. The van der Waals surface area contributed by atoms with Crippen LogP contribution in [0.5, 0.6) is 0 Å². The zero-order valence-corrected chi connectivity index (χ0v) is 12.1. The average molecular weight is 238 g/mol. The van der Waals surface area contributed by atoms with Crippen LogP contribution in [0.2, 0.25) is 0 Å². The van der Waals surface area contributed by atoms with Crippen LogP contribution in [0.25, 0.3) is 0 Å². The first-order valence-electron chi connectivity index (χ1n) is 6.64. The number of hydrogen-bond donors (Lipinski definition) is 0. The van der Waals surface area contributed by atoms with Gasteiger partial charge >= 0.3 is 0 Å². The molecule has 0 heterocycles. The van der Waals surface area contributed by atoms with Gasteiger partial charge in [-0.05, 0) is 12.8 Å². The van der Waals surface area contributed by atoms with Gasteiger partial charge in [-0.2, -0.15) is 0 Å².